The molecule has 0 aliphatic carbocycles. The Kier molecular flexibility index (Phi) is 4.55. The van der Waals surface area contributed by atoms with Crippen LogP contribution in [-0.4, -0.2) is 29.2 Å². The molecule has 2 aliphatic rings. The molecule has 2 aliphatic heterocycles. The zero-order valence-electron chi connectivity index (χ0n) is 18.5. The Morgan fingerprint density at radius 3 is 2.53 bits per heavy atom. The van der Waals surface area contributed by atoms with E-state index in [0.29, 0.717) is 23.2 Å². The molecule has 0 amide bonds. The quantitative estimate of drug-likeness (QED) is 0.430. The molecule has 1 aromatic heterocycles. The van der Waals surface area contributed by atoms with Crippen molar-refractivity contribution in [2.24, 2.45) is 0 Å². The third-order valence-electron chi connectivity index (χ3n) is 6.13. The summed E-state index contributed by atoms with van der Waals surface area (Å²) in [4.78, 5) is 13.4. The standard InChI is InChI=1S/C27H21N5O2/c1-18-6-2-3-7-22(18)32-27(34)21-17-30(23-8-4-9-24(33)25(23)26(21)29-32)16-19-10-12-20(13-11-19)31-15-5-14-28-31/h2-15,17,33H,16H2,1H3. The van der Waals surface area contributed by atoms with Crippen molar-refractivity contribution in [1.29, 1.82) is 0 Å². The van der Waals surface area contributed by atoms with Gasteiger partial charge in [0.1, 0.15) is 11.4 Å². The number of hydrogen-bond acceptors (Lipinski definition) is 4. The second-order valence-electron chi connectivity index (χ2n) is 8.31. The highest BCUT2D eigenvalue weighted by molar-refractivity contribution is 5.98. The Balaban J connectivity index is 1.51. The summed E-state index contributed by atoms with van der Waals surface area (Å²) in [5.41, 5.74) is 5.26. The summed E-state index contributed by atoms with van der Waals surface area (Å²) in [6.07, 6.45) is 5.48. The average molecular weight is 447 g/mol. The van der Waals surface area contributed by atoms with Crippen molar-refractivity contribution in [1.82, 2.24) is 24.1 Å². The molecule has 0 atom stereocenters. The molecular formula is C27H21N5O2. The molecule has 0 unspecified atom stereocenters. The molecule has 0 spiro atoms. The van der Waals surface area contributed by atoms with E-state index in [4.69, 9.17) is 0 Å². The number of pyridine rings is 1. The van der Waals surface area contributed by atoms with Crippen molar-refractivity contribution >= 4 is 10.9 Å². The lowest BCUT2D eigenvalue weighted by molar-refractivity contribution is 0.481. The first-order chi connectivity index (χ1) is 16.6. The van der Waals surface area contributed by atoms with Crippen LogP contribution in [0.25, 0.3) is 33.5 Å². The van der Waals surface area contributed by atoms with E-state index in [1.54, 1.807) is 23.0 Å². The lowest BCUT2D eigenvalue weighted by Crippen LogP contribution is -2.16. The van der Waals surface area contributed by atoms with Crippen LogP contribution in [0.1, 0.15) is 11.1 Å². The topological polar surface area (TPSA) is 77.9 Å². The van der Waals surface area contributed by atoms with E-state index < -0.39 is 0 Å². The van der Waals surface area contributed by atoms with Crippen LogP contribution in [0.4, 0.5) is 0 Å². The highest BCUT2D eigenvalue weighted by atomic mass is 16.3. The van der Waals surface area contributed by atoms with E-state index >= 15 is 0 Å². The van der Waals surface area contributed by atoms with Crippen molar-refractivity contribution in [3.63, 3.8) is 0 Å². The zero-order valence-corrected chi connectivity index (χ0v) is 18.5. The summed E-state index contributed by atoms with van der Waals surface area (Å²) in [6, 6.07) is 23.0. The van der Waals surface area contributed by atoms with Crippen LogP contribution in [0, 0.1) is 6.92 Å². The Morgan fingerprint density at radius 2 is 1.76 bits per heavy atom. The van der Waals surface area contributed by atoms with Gasteiger partial charge in [0.25, 0.3) is 5.56 Å². The van der Waals surface area contributed by atoms with Crippen molar-refractivity contribution in [3.8, 4) is 28.4 Å². The molecule has 1 N–H and O–H groups in total. The Morgan fingerprint density at radius 1 is 0.941 bits per heavy atom. The summed E-state index contributed by atoms with van der Waals surface area (Å²) in [5.74, 6) is 0.0975. The third-order valence-corrected chi connectivity index (χ3v) is 6.13. The molecule has 0 saturated heterocycles. The first-order valence-electron chi connectivity index (χ1n) is 11.0. The summed E-state index contributed by atoms with van der Waals surface area (Å²) in [6.45, 7) is 2.48. The monoisotopic (exact) mass is 447 g/mol. The lowest BCUT2D eigenvalue weighted by Gasteiger charge is -2.15. The Bertz CT molecular complexity index is 1660. The summed E-state index contributed by atoms with van der Waals surface area (Å²) >= 11 is 0. The van der Waals surface area contributed by atoms with E-state index in [0.717, 1.165) is 28.0 Å². The molecule has 0 fully saturated rings. The van der Waals surface area contributed by atoms with Gasteiger partial charge in [0.05, 0.1) is 27.8 Å². The van der Waals surface area contributed by atoms with Gasteiger partial charge in [-0.25, -0.2) is 4.68 Å². The number of rotatable bonds is 4. The predicted octanol–water partition coefficient (Wildman–Crippen LogP) is 4.54. The van der Waals surface area contributed by atoms with Gasteiger partial charge < -0.3 is 9.67 Å². The van der Waals surface area contributed by atoms with E-state index in [9.17, 15) is 9.90 Å². The number of hydrogen-bond donors (Lipinski definition) is 1. The highest BCUT2D eigenvalue weighted by Gasteiger charge is 2.23. The minimum Gasteiger partial charge on any atom is -0.507 e. The maximum atomic E-state index is 13.4. The molecule has 0 bridgehead atoms. The fraction of sp³-hybridized carbons (Fsp3) is 0.0741. The van der Waals surface area contributed by atoms with Gasteiger partial charge in [-0.3, -0.25) is 4.79 Å². The molecule has 6 rings (SSSR count). The van der Waals surface area contributed by atoms with Crippen LogP contribution >= 0.6 is 0 Å². The molecule has 7 heteroatoms. The molecule has 3 aromatic carbocycles. The van der Waals surface area contributed by atoms with Gasteiger partial charge in [0, 0.05) is 25.1 Å². The van der Waals surface area contributed by atoms with Crippen molar-refractivity contribution in [3.05, 3.63) is 113 Å². The first-order valence-corrected chi connectivity index (χ1v) is 11.0. The minimum absolute atomic E-state index is 0.0975. The van der Waals surface area contributed by atoms with Crippen LogP contribution in [0.5, 0.6) is 5.75 Å². The number of aromatic hydroxyl groups is 1. The van der Waals surface area contributed by atoms with Crippen molar-refractivity contribution in [2.45, 2.75) is 13.5 Å². The van der Waals surface area contributed by atoms with Crippen LogP contribution in [0.2, 0.25) is 0 Å². The second-order valence-corrected chi connectivity index (χ2v) is 8.31. The predicted molar refractivity (Wildman–Crippen MR) is 131 cm³/mol. The van der Waals surface area contributed by atoms with Gasteiger partial charge in [-0.05, 0) is 54.4 Å². The largest absolute Gasteiger partial charge is 0.507 e. The number of nitrogens with zero attached hydrogens (tertiary/aromatic N) is 5. The van der Waals surface area contributed by atoms with Gasteiger partial charge in [-0.2, -0.15) is 14.9 Å². The van der Waals surface area contributed by atoms with Crippen LogP contribution in [0.3, 0.4) is 0 Å². The highest BCUT2D eigenvalue weighted by Crippen LogP contribution is 2.34. The van der Waals surface area contributed by atoms with Gasteiger partial charge in [0.15, 0.2) is 0 Å². The minimum atomic E-state index is -0.211. The normalized spacial score (nSPS) is 11.4. The van der Waals surface area contributed by atoms with Crippen molar-refractivity contribution in [2.75, 3.05) is 0 Å². The fourth-order valence-electron chi connectivity index (χ4n) is 4.42. The van der Waals surface area contributed by atoms with E-state index in [2.05, 4.69) is 10.2 Å². The summed E-state index contributed by atoms with van der Waals surface area (Å²) in [5, 5.41) is 20.2. The molecule has 34 heavy (non-hydrogen) atoms. The van der Waals surface area contributed by atoms with Gasteiger partial charge in [-0.1, -0.05) is 36.4 Å². The Hall–Kier alpha value is -4.65. The van der Waals surface area contributed by atoms with E-state index in [-0.39, 0.29) is 11.3 Å². The molecule has 0 saturated carbocycles. The number of para-hydroxylation sites is 1. The number of benzene rings is 3. The lowest BCUT2D eigenvalue weighted by atomic mass is 10.1. The van der Waals surface area contributed by atoms with E-state index in [1.807, 2.05) is 84.5 Å². The fourth-order valence-corrected chi connectivity index (χ4v) is 4.42. The molecule has 0 radical (unpaired) electrons. The SMILES string of the molecule is Cc1ccccc1-n1nc2c3c(O)cccc3n(Cc3ccc(-n4cccn4)cc3)cc-2c1=O. The summed E-state index contributed by atoms with van der Waals surface area (Å²) < 4.78 is 5.22. The Labute approximate surface area is 195 Å². The van der Waals surface area contributed by atoms with Crippen LogP contribution < -0.4 is 5.56 Å². The molecule has 7 nitrogen and oxygen atoms in total. The van der Waals surface area contributed by atoms with Crippen LogP contribution in [0.15, 0.2) is 96.2 Å². The van der Waals surface area contributed by atoms with Crippen LogP contribution in [-0.2, 0) is 6.54 Å². The zero-order chi connectivity index (χ0) is 23.2. The average Bonchev–Trinajstić information content (AvgIpc) is 3.49. The molecular weight excluding hydrogens is 426 g/mol. The molecule has 4 aromatic rings. The van der Waals surface area contributed by atoms with Gasteiger partial charge >= 0.3 is 0 Å². The molecule has 166 valence electrons. The summed E-state index contributed by atoms with van der Waals surface area (Å²) in [7, 11) is 0. The smallest absolute Gasteiger partial charge is 0.282 e. The molecule has 3 heterocycles. The number of phenolic OH excluding ortho intramolecular Hbond substituents is 1. The first kappa shape index (κ1) is 20.0. The maximum absolute atomic E-state index is 13.4. The second kappa shape index (κ2) is 7.74. The number of fused-ring (bicyclic) bond motifs is 3. The number of aromatic nitrogens is 5. The number of phenols is 1. The maximum Gasteiger partial charge on any atom is 0.282 e. The third kappa shape index (κ3) is 3.17. The van der Waals surface area contributed by atoms with Gasteiger partial charge in [0.2, 0.25) is 0 Å². The van der Waals surface area contributed by atoms with E-state index in [1.165, 1.54) is 4.68 Å². The number of aryl methyl sites for hydroxylation is 1. The van der Waals surface area contributed by atoms with Crippen molar-refractivity contribution < 1.29 is 5.11 Å². The van der Waals surface area contributed by atoms with Gasteiger partial charge in [-0.15, -0.1) is 0 Å².